The van der Waals surface area contributed by atoms with E-state index in [1.165, 1.54) is 10.4 Å². The van der Waals surface area contributed by atoms with Crippen molar-refractivity contribution in [2.24, 2.45) is 5.92 Å². The summed E-state index contributed by atoms with van der Waals surface area (Å²) in [6.07, 6.45) is 3.32. The van der Waals surface area contributed by atoms with Gasteiger partial charge >= 0.3 is 0 Å². The van der Waals surface area contributed by atoms with E-state index in [0.717, 1.165) is 37.8 Å². The smallest absolute Gasteiger partial charge is 0.254 e. The summed E-state index contributed by atoms with van der Waals surface area (Å²) in [5.41, 5.74) is -0.224. The molecule has 1 saturated heterocycles. The third kappa shape index (κ3) is 4.33. The van der Waals surface area contributed by atoms with Gasteiger partial charge in [-0.15, -0.1) is 0 Å². The molecule has 0 unspecified atom stereocenters. The Bertz CT molecular complexity index is 683. The van der Waals surface area contributed by atoms with Crippen molar-refractivity contribution in [2.45, 2.75) is 44.4 Å². The average Bonchev–Trinajstić information content (AvgIpc) is 2.55. The highest BCUT2D eigenvalue weighted by atomic mass is 32.2. The molecule has 2 rings (SSSR count). The molecule has 1 aromatic rings. The Balaban J connectivity index is 2.21. The van der Waals surface area contributed by atoms with Crippen LogP contribution >= 0.6 is 0 Å². The number of halogens is 1. The first-order valence-electron chi connectivity index (χ1n) is 8.44. The van der Waals surface area contributed by atoms with Crippen LogP contribution in [0.25, 0.3) is 0 Å². The Morgan fingerprint density at radius 3 is 2.62 bits per heavy atom. The van der Waals surface area contributed by atoms with E-state index in [1.807, 2.05) is 6.92 Å². The number of carbonyl (C=O) groups is 1. The fourth-order valence-corrected chi connectivity index (χ4v) is 4.18. The number of rotatable bonds is 6. The van der Waals surface area contributed by atoms with Crippen LogP contribution < -0.4 is 5.32 Å². The van der Waals surface area contributed by atoms with Gasteiger partial charge in [0.05, 0.1) is 10.5 Å². The van der Waals surface area contributed by atoms with Gasteiger partial charge in [-0.05, 0) is 43.4 Å². The van der Waals surface area contributed by atoms with Crippen LogP contribution in [0.4, 0.5) is 4.39 Å². The second kappa shape index (κ2) is 8.07. The monoisotopic (exact) mass is 356 g/mol. The molecule has 0 radical (unpaired) electrons. The maximum atomic E-state index is 13.9. The zero-order chi connectivity index (χ0) is 17.7. The van der Waals surface area contributed by atoms with Gasteiger partial charge in [0, 0.05) is 19.6 Å². The van der Waals surface area contributed by atoms with E-state index in [9.17, 15) is 17.6 Å². The van der Waals surface area contributed by atoms with Gasteiger partial charge in [0.25, 0.3) is 5.91 Å². The standard InChI is InChI=1S/C17H25FN2O3S/c1-3-4-9-19-17(21)15-12-14(5-6-16(15)18)24(22,23)20-10-7-13(2)8-11-20/h5-6,12-13H,3-4,7-11H2,1-2H3,(H,19,21). The molecule has 7 heteroatoms. The molecule has 1 aliphatic heterocycles. The van der Waals surface area contributed by atoms with E-state index in [4.69, 9.17) is 0 Å². The van der Waals surface area contributed by atoms with E-state index in [1.54, 1.807) is 0 Å². The SMILES string of the molecule is CCCCNC(=O)c1cc(S(=O)(=O)N2CCC(C)CC2)ccc1F. The van der Waals surface area contributed by atoms with Crippen molar-refractivity contribution < 1.29 is 17.6 Å². The van der Waals surface area contributed by atoms with Crippen molar-refractivity contribution >= 4 is 15.9 Å². The van der Waals surface area contributed by atoms with Crippen LogP contribution in [-0.2, 0) is 10.0 Å². The number of carbonyl (C=O) groups excluding carboxylic acids is 1. The normalized spacial score (nSPS) is 17.0. The van der Waals surface area contributed by atoms with Crippen molar-refractivity contribution in [3.8, 4) is 0 Å². The zero-order valence-corrected chi connectivity index (χ0v) is 15.0. The predicted octanol–water partition coefficient (Wildman–Crippen LogP) is 2.78. The van der Waals surface area contributed by atoms with Crippen molar-refractivity contribution in [2.75, 3.05) is 19.6 Å². The lowest BCUT2D eigenvalue weighted by atomic mass is 10.0. The highest BCUT2D eigenvalue weighted by molar-refractivity contribution is 7.89. The number of nitrogens with one attached hydrogen (secondary N) is 1. The fraction of sp³-hybridized carbons (Fsp3) is 0.588. The molecule has 0 bridgehead atoms. The Morgan fingerprint density at radius 2 is 2.00 bits per heavy atom. The van der Waals surface area contributed by atoms with E-state index in [0.29, 0.717) is 25.6 Å². The second-order valence-electron chi connectivity index (χ2n) is 6.34. The maximum absolute atomic E-state index is 13.9. The van der Waals surface area contributed by atoms with Crippen LogP contribution in [0.5, 0.6) is 0 Å². The van der Waals surface area contributed by atoms with Gasteiger partial charge < -0.3 is 5.32 Å². The molecule has 1 fully saturated rings. The lowest BCUT2D eigenvalue weighted by molar-refractivity contribution is 0.0949. The van der Waals surface area contributed by atoms with Gasteiger partial charge in [-0.3, -0.25) is 4.79 Å². The van der Waals surface area contributed by atoms with Crippen LogP contribution in [0.2, 0.25) is 0 Å². The molecule has 0 spiro atoms. The summed E-state index contributed by atoms with van der Waals surface area (Å²) in [5.74, 6) is -0.787. The molecule has 0 atom stereocenters. The summed E-state index contributed by atoms with van der Waals surface area (Å²) < 4.78 is 40.8. The first-order valence-corrected chi connectivity index (χ1v) is 9.88. The van der Waals surface area contributed by atoms with Crippen LogP contribution in [0, 0.1) is 11.7 Å². The Morgan fingerprint density at radius 1 is 1.33 bits per heavy atom. The van der Waals surface area contributed by atoms with Gasteiger partial charge in [-0.1, -0.05) is 20.3 Å². The van der Waals surface area contributed by atoms with Crippen LogP contribution in [0.15, 0.2) is 23.1 Å². The summed E-state index contributed by atoms with van der Waals surface area (Å²) in [7, 11) is -3.70. The molecular formula is C17H25FN2O3S. The Labute approximate surface area is 143 Å². The quantitative estimate of drug-likeness (QED) is 0.797. The number of sulfonamides is 1. The topological polar surface area (TPSA) is 66.5 Å². The van der Waals surface area contributed by atoms with E-state index in [2.05, 4.69) is 12.2 Å². The van der Waals surface area contributed by atoms with Crippen LogP contribution in [-0.4, -0.2) is 38.3 Å². The van der Waals surface area contributed by atoms with Crippen molar-refractivity contribution in [3.63, 3.8) is 0 Å². The molecule has 134 valence electrons. The molecule has 1 aliphatic rings. The fourth-order valence-electron chi connectivity index (χ4n) is 2.69. The summed E-state index contributed by atoms with van der Waals surface area (Å²) >= 11 is 0. The molecule has 0 saturated carbocycles. The van der Waals surface area contributed by atoms with Gasteiger partial charge in [0.15, 0.2) is 0 Å². The van der Waals surface area contributed by atoms with Crippen molar-refractivity contribution in [1.82, 2.24) is 9.62 Å². The Kier molecular flexibility index (Phi) is 6.34. The minimum absolute atomic E-state index is 0.0286. The van der Waals surface area contributed by atoms with Crippen LogP contribution in [0.3, 0.4) is 0 Å². The van der Waals surface area contributed by atoms with Gasteiger partial charge in [-0.2, -0.15) is 4.31 Å². The highest BCUT2D eigenvalue weighted by Gasteiger charge is 2.29. The number of nitrogens with zero attached hydrogens (tertiary/aromatic N) is 1. The third-order valence-corrected chi connectivity index (χ3v) is 6.27. The molecule has 0 aliphatic carbocycles. The summed E-state index contributed by atoms with van der Waals surface area (Å²) in [6, 6.07) is 3.42. The van der Waals surface area contributed by atoms with Gasteiger partial charge in [0.2, 0.25) is 10.0 Å². The first kappa shape index (κ1) is 18.9. The molecular weight excluding hydrogens is 331 g/mol. The van der Waals surface area contributed by atoms with Gasteiger partial charge in [-0.25, -0.2) is 12.8 Å². The minimum Gasteiger partial charge on any atom is -0.352 e. The minimum atomic E-state index is -3.70. The summed E-state index contributed by atoms with van der Waals surface area (Å²) in [5, 5.41) is 2.62. The summed E-state index contributed by atoms with van der Waals surface area (Å²) in [4.78, 5) is 12.1. The predicted molar refractivity (Wildman–Crippen MR) is 90.8 cm³/mol. The third-order valence-electron chi connectivity index (χ3n) is 4.38. The lowest BCUT2D eigenvalue weighted by Gasteiger charge is -2.29. The lowest BCUT2D eigenvalue weighted by Crippen LogP contribution is -2.38. The van der Waals surface area contributed by atoms with Crippen molar-refractivity contribution in [3.05, 3.63) is 29.6 Å². The van der Waals surface area contributed by atoms with E-state index >= 15 is 0 Å². The van der Waals surface area contributed by atoms with E-state index in [-0.39, 0.29) is 10.5 Å². The molecule has 0 aromatic heterocycles. The largest absolute Gasteiger partial charge is 0.352 e. The first-order chi connectivity index (χ1) is 11.4. The van der Waals surface area contributed by atoms with Crippen molar-refractivity contribution in [1.29, 1.82) is 0 Å². The second-order valence-corrected chi connectivity index (χ2v) is 8.28. The number of hydrogen-bond acceptors (Lipinski definition) is 3. The number of benzene rings is 1. The summed E-state index contributed by atoms with van der Waals surface area (Å²) in [6.45, 7) is 5.44. The Hall–Kier alpha value is -1.47. The maximum Gasteiger partial charge on any atom is 0.254 e. The molecule has 1 amide bonds. The van der Waals surface area contributed by atoms with Crippen LogP contribution in [0.1, 0.15) is 49.9 Å². The number of unbranched alkanes of at least 4 members (excludes halogenated alkanes) is 1. The van der Waals surface area contributed by atoms with E-state index < -0.39 is 21.7 Å². The average molecular weight is 356 g/mol. The molecule has 1 N–H and O–H groups in total. The number of piperidine rings is 1. The number of hydrogen-bond donors (Lipinski definition) is 1. The molecule has 24 heavy (non-hydrogen) atoms. The molecule has 1 heterocycles. The highest BCUT2D eigenvalue weighted by Crippen LogP contribution is 2.24. The zero-order valence-electron chi connectivity index (χ0n) is 14.2. The molecule has 5 nitrogen and oxygen atoms in total. The molecule has 1 aromatic carbocycles. The number of amides is 1. The van der Waals surface area contributed by atoms with Gasteiger partial charge in [0.1, 0.15) is 5.82 Å².